The highest BCUT2D eigenvalue weighted by molar-refractivity contribution is 8.00. The maximum Gasteiger partial charge on any atom is 0.237 e. The maximum atomic E-state index is 12.9. The molecule has 23 heavy (non-hydrogen) atoms. The van der Waals surface area contributed by atoms with Gasteiger partial charge in [-0.1, -0.05) is 30.3 Å². The molecule has 0 radical (unpaired) electrons. The van der Waals surface area contributed by atoms with E-state index in [1.807, 2.05) is 25.1 Å². The summed E-state index contributed by atoms with van der Waals surface area (Å²) in [5, 5.41) is 4.89. The normalized spacial score (nSPS) is 12.1. The van der Waals surface area contributed by atoms with E-state index in [1.165, 1.54) is 29.3 Å². The highest BCUT2D eigenvalue weighted by Crippen LogP contribution is 2.27. The number of hydrogen-bond acceptors (Lipinski definition) is 2. The number of halogens is 1. The number of anilines is 1. The van der Waals surface area contributed by atoms with E-state index in [9.17, 15) is 9.18 Å². The van der Waals surface area contributed by atoms with Gasteiger partial charge in [0, 0.05) is 10.6 Å². The van der Waals surface area contributed by atoms with Crippen LogP contribution in [0.5, 0.6) is 0 Å². The van der Waals surface area contributed by atoms with Crippen molar-refractivity contribution >= 4 is 34.1 Å². The number of carbonyl (C=O) groups is 1. The molecule has 2 nitrogen and oxygen atoms in total. The Morgan fingerprint density at radius 1 is 1.00 bits per heavy atom. The van der Waals surface area contributed by atoms with Crippen LogP contribution in [-0.2, 0) is 4.79 Å². The molecule has 0 fully saturated rings. The fraction of sp³-hybridized carbons (Fsp3) is 0.105. The first-order chi connectivity index (χ1) is 11.1. The standard InChI is InChI=1S/C19H16FNOS/c1-13(19(22)21-17-9-7-16(20)8-10-17)23-18-11-6-14-4-2-3-5-15(14)12-18/h2-13H,1H3,(H,21,22)/t13-/m1/s1. The van der Waals surface area contributed by atoms with Gasteiger partial charge in [-0.3, -0.25) is 4.79 Å². The van der Waals surface area contributed by atoms with Crippen molar-refractivity contribution in [2.24, 2.45) is 0 Å². The molecule has 116 valence electrons. The zero-order chi connectivity index (χ0) is 16.2. The third-order valence-electron chi connectivity index (χ3n) is 3.51. The van der Waals surface area contributed by atoms with Crippen molar-refractivity contribution in [3.8, 4) is 0 Å². The minimum atomic E-state index is -0.318. The van der Waals surface area contributed by atoms with E-state index < -0.39 is 0 Å². The molecule has 0 aliphatic carbocycles. The van der Waals surface area contributed by atoms with Gasteiger partial charge in [0.15, 0.2) is 0 Å². The van der Waals surface area contributed by atoms with Crippen LogP contribution in [0.25, 0.3) is 10.8 Å². The third kappa shape index (κ3) is 3.90. The molecule has 3 aromatic rings. The van der Waals surface area contributed by atoms with Crippen molar-refractivity contribution < 1.29 is 9.18 Å². The van der Waals surface area contributed by atoms with Gasteiger partial charge in [-0.25, -0.2) is 4.39 Å². The molecular formula is C19H16FNOS. The summed E-state index contributed by atoms with van der Waals surface area (Å²) in [7, 11) is 0. The monoisotopic (exact) mass is 325 g/mol. The van der Waals surface area contributed by atoms with E-state index in [2.05, 4.69) is 29.6 Å². The molecule has 0 aliphatic heterocycles. The molecule has 0 aromatic heterocycles. The first-order valence-electron chi connectivity index (χ1n) is 7.34. The Balaban J connectivity index is 1.68. The first-order valence-corrected chi connectivity index (χ1v) is 8.22. The van der Waals surface area contributed by atoms with E-state index in [-0.39, 0.29) is 17.0 Å². The molecule has 1 amide bonds. The van der Waals surface area contributed by atoms with Crippen LogP contribution in [0.3, 0.4) is 0 Å². The predicted molar refractivity (Wildman–Crippen MR) is 94.3 cm³/mol. The number of thioether (sulfide) groups is 1. The second-order valence-electron chi connectivity index (χ2n) is 5.27. The van der Waals surface area contributed by atoms with Crippen LogP contribution < -0.4 is 5.32 Å². The molecule has 0 aliphatic rings. The number of hydrogen-bond donors (Lipinski definition) is 1. The summed E-state index contributed by atoms with van der Waals surface area (Å²) in [6.07, 6.45) is 0. The quantitative estimate of drug-likeness (QED) is 0.676. The number of nitrogens with one attached hydrogen (secondary N) is 1. The summed E-state index contributed by atoms with van der Waals surface area (Å²) in [4.78, 5) is 13.3. The maximum absolute atomic E-state index is 12.9. The van der Waals surface area contributed by atoms with Crippen molar-refractivity contribution in [1.29, 1.82) is 0 Å². The van der Waals surface area contributed by atoms with Crippen molar-refractivity contribution in [2.75, 3.05) is 5.32 Å². The van der Waals surface area contributed by atoms with Crippen LogP contribution in [-0.4, -0.2) is 11.2 Å². The first kappa shape index (κ1) is 15.6. The Kier molecular flexibility index (Phi) is 4.63. The smallest absolute Gasteiger partial charge is 0.237 e. The molecule has 0 spiro atoms. The Labute approximate surface area is 138 Å². The minimum absolute atomic E-state index is 0.102. The van der Waals surface area contributed by atoms with Crippen LogP contribution in [0.1, 0.15) is 6.92 Å². The lowest BCUT2D eigenvalue weighted by Crippen LogP contribution is -2.22. The molecule has 0 saturated carbocycles. The van der Waals surface area contributed by atoms with Gasteiger partial charge in [0.1, 0.15) is 5.82 Å². The van der Waals surface area contributed by atoms with Crippen molar-refractivity contribution in [2.45, 2.75) is 17.1 Å². The zero-order valence-electron chi connectivity index (χ0n) is 12.6. The topological polar surface area (TPSA) is 29.1 Å². The van der Waals surface area contributed by atoms with Gasteiger partial charge in [0.2, 0.25) is 5.91 Å². The lowest BCUT2D eigenvalue weighted by atomic mass is 10.1. The number of carbonyl (C=O) groups excluding carboxylic acids is 1. The average molecular weight is 325 g/mol. The second-order valence-corrected chi connectivity index (χ2v) is 6.68. The lowest BCUT2D eigenvalue weighted by Gasteiger charge is -2.12. The summed E-state index contributed by atoms with van der Waals surface area (Å²) >= 11 is 1.50. The van der Waals surface area contributed by atoms with Gasteiger partial charge >= 0.3 is 0 Å². The zero-order valence-corrected chi connectivity index (χ0v) is 13.4. The van der Waals surface area contributed by atoms with Crippen molar-refractivity contribution in [3.05, 3.63) is 72.5 Å². The average Bonchev–Trinajstić information content (AvgIpc) is 2.56. The van der Waals surface area contributed by atoms with E-state index in [0.717, 1.165) is 10.3 Å². The Hall–Kier alpha value is -2.33. The van der Waals surface area contributed by atoms with Gasteiger partial charge in [0.25, 0.3) is 0 Å². The van der Waals surface area contributed by atoms with Crippen LogP contribution in [0.15, 0.2) is 71.6 Å². The highest BCUT2D eigenvalue weighted by Gasteiger charge is 2.14. The van der Waals surface area contributed by atoms with Crippen LogP contribution >= 0.6 is 11.8 Å². The fourth-order valence-electron chi connectivity index (χ4n) is 2.28. The third-order valence-corrected chi connectivity index (χ3v) is 4.61. The van der Waals surface area contributed by atoms with Gasteiger partial charge in [-0.15, -0.1) is 11.8 Å². The van der Waals surface area contributed by atoms with E-state index in [4.69, 9.17) is 0 Å². The Bertz CT molecular complexity index is 832. The van der Waals surface area contributed by atoms with Crippen LogP contribution in [0.4, 0.5) is 10.1 Å². The van der Waals surface area contributed by atoms with Crippen molar-refractivity contribution in [3.63, 3.8) is 0 Å². The van der Waals surface area contributed by atoms with E-state index >= 15 is 0 Å². The molecule has 1 atom stereocenters. The molecule has 0 bridgehead atoms. The number of rotatable bonds is 4. The van der Waals surface area contributed by atoms with E-state index in [0.29, 0.717) is 5.69 Å². The SMILES string of the molecule is C[C@@H](Sc1ccc2ccccc2c1)C(=O)Nc1ccc(F)cc1. The summed E-state index contributed by atoms with van der Waals surface area (Å²) in [6, 6.07) is 20.1. The van der Waals surface area contributed by atoms with Crippen molar-refractivity contribution in [1.82, 2.24) is 0 Å². The highest BCUT2D eigenvalue weighted by atomic mass is 32.2. The molecule has 1 N–H and O–H groups in total. The second kappa shape index (κ2) is 6.84. The van der Waals surface area contributed by atoms with Crippen LogP contribution in [0.2, 0.25) is 0 Å². The summed E-state index contributed by atoms with van der Waals surface area (Å²) in [6.45, 7) is 1.86. The Morgan fingerprint density at radius 2 is 1.70 bits per heavy atom. The molecular weight excluding hydrogens is 309 g/mol. The molecule has 4 heteroatoms. The van der Waals surface area contributed by atoms with Gasteiger partial charge in [-0.05, 0) is 54.1 Å². The predicted octanol–water partition coefficient (Wildman–Crippen LogP) is 5.10. The van der Waals surface area contributed by atoms with Gasteiger partial charge < -0.3 is 5.32 Å². The minimum Gasteiger partial charge on any atom is -0.325 e. The van der Waals surface area contributed by atoms with Gasteiger partial charge in [-0.2, -0.15) is 0 Å². The summed E-state index contributed by atoms with van der Waals surface area (Å²) < 4.78 is 12.9. The number of amides is 1. The van der Waals surface area contributed by atoms with Gasteiger partial charge in [0.05, 0.1) is 5.25 Å². The molecule has 0 unspecified atom stereocenters. The molecule has 3 rings (SSSR count). The summed E-state index contributed by atoms with van der Waals surface area (Å²) in [5.74, 6) is -0.420. The molecule has 0 heterocycles. The molecule has 3 aromatic carbocycles. The fourth-order valence-corrected chi connectivity index (χ4v) is 3.19. The number of fused-ring (bicyclic) bond motifs is 1. The number of benzene rings is 3. The van der Waals surface area contributed by atoms with E-state index in [1.54, 1.807) is 12.1 Å². The largest absolute Gasteiger partial charge is 0.325 e. The molecule has 0 saturated heterocycles. The summed E-state index contributed by atoms with van der Waals surface area (Å²) in [5.41, 5.74) is 0.599. The Morgan fingerprint density at radius 3 is 2.43 bits per heavy atom. The van der Waals surface area contributed by atoms with Crippen LogP contribution in [0, 0.1) is 5.82 Å². The lowest BCUT2D eigenvalue weighted by molar-refractivity contribution is -0.115.